The average Bonchev–Trinajstić information content (AvgIpc) is 2.35. The summed E-state index contributed by atoms with van der Waals surface area (Å²) in [7, 11) is 0. The van der Waals surface area contributed by atoms with Crippen LogP contribution in [0.15, 0.2) is 6.20 Å². The summed E-state index contributed by atoms with van der Waals surface area (Å²) in [5.41, 5.74) is 6.38. The van der Waals surface area contributed by atoms with Gasteiger partial charge in [-0.05, 0) is 43.2 Å². The Labute approximate surface area is 107 Å². The fourth-order valence-corrected chi connectivity index (χ4v) is 2.53. The zero-order valence-corrected chi connectivity index (χ0v) is 10.9. The van der Waals surface area contributed by atoms with E-state index in [4.69, 9.17) is 17.3 Å². The summed E-state index contributed by atoms with van der Waals surface area (Å²) in [5, 5.41) is 3.61. The number of nitrogens with two attached hydrogens (primary N) is 1. The Morgan fingerprint density at radius 2 is 2.12 bits per heavy atom. The molecule has 0 atom stereocenters. The lowest BCUT2D eigenvalue weighted by Crippen LogP contribution is -2.26. The predicted molar refractivity (Wildman–Crippen MR) is 71.1 cm³/mol. The van der Waals surface area contributed by atoms with Crippen LogP contribution in [0.4, 0.5) is 11.5 Å². The molecule has 0 unspecified atom stereocenters. The van der Waals surface area contributed by atoms with Crippen LogP contribution in [0.3, 0.4) is 0 Å². The highest BCUT2D eigenvalue weighted by Crippen LogP contribution is 2.29. The van der Waals surface area contributed by atoms with Gasteiger partial charge >= 0.3 is 0 Å². The highest BCUT2D eigenvalue weighted by Gasteiger charge is 2.20. The van der Waals surface area contributed by atoms with Crippen LogP contribution in [-0.2, 0) is 0 Å². The van der Waals surface area contributed by atoms with Crippen molar-refractivity contribution in [3.63, 3.8) is 0 Å². The molecule has 1 aromatic heterocycles. The maximum atomic E-state index is 5.81. The lowest BCUT2D eigenvalue weighted by molar-refractivity contribution is 0.330. The second-order valence-corrected chi connectivity index (χ2v) is 5.05. The molecule has 1 heterocycles. The van der Waals surface area contributed by atoms with Gasteiger partial charge in [-0.3, -0.25) is 0 Å². The van der Waals surface area contributed by atoms with Crippen molar-refractivity contribution in [3.05, 3.63) is 11.5 Å². The van der Waals surface area contributed by atoms with E-state index in [2.05, 4.69) is 22.2 Å². The third kappa shape index (κ3) is 3.22. The number of rotatable bonds is 3. The molecule has 1 saturated carbocycles. The zero-order valence-electron chi connectivity index (χ0n) is 10.1. The third-order valence-corrected chi connectivity index (χ3v) is 3.73. The number of anilines is 2. The monoisotopic (exact) mass is 254 g/mol. The maximum absolute atomic E-state index is 5.81. The van der Waals surface area contributed by atoms with Crippen LogP contribution < -0.4 is 11.1 Å². The first-order chi connectivity index (χ1) is 8.19. The second kappa shape index (κ2) is 5.54. The van der Waals surface area contributed by atoms with Gasteiger partial charge in [0, 0.05) is 6.04 Å². The molecule has 1 fully saturated rings. The van der Waals surface area contributed by atoms with E-state index in [1.165, 1.54) is 32.1 Å². The first kappa shape index (κ1) is 12.4. The maximum Gasteiger partial charge on any atom is 0.224 e. The molecule has 3 N–H and O–H groups in total. The molecule has 5 heteroatoms. The number of nitrogens with one attached hydrogen (secondary N) is 1. The van der Waals surface area contributed by atoms with Crippen molar-refractivity contribution in [2.75, 3.05) is 11.1 Å². The van der Waals surface area contributed by atoms with Crippen molar-refractivity contribution in [2.45, 2.75) is 45.1 Å². The summed E-state index contributed by atoms with van der Waals surface area (Å²) >= 11 is 5.76. The molecular formula is C12H19ClN4. The smallest absolute Gasteiger partial charge is 0.224 e. The molecule has 0 radical (unpaired) electrons. The van der Waals surface area contributed by atoms with Crippen molar-refractivity contribution in [2.24, 2.45) is 5.92 Å². The van der Waals surface area contributed by atoms with Gasteiger partial charge in [-0.25, -0.2) is 4.98 Å². The van der Waals surface area contributed by atoms with E-state index in [0.717, 1.165) is 5.92 Å². The van der Waals surface area contributed by atoms with Crippen molar-refractivity contribution in [3.8, 4) is 0 Å². The molecule has 17 heavy (non-hydrogen) atoms. The number of nitrogen functional groups attached to an aromatic ring is 1. The number of halogens is 1. The molecule has 94 valence electrons. The van der Waals surface area contributed by atoms with Crippen LogP contribution in [0, 0.1) is 5.92 Å². The van der Waals surface area contributed by atoms with Crippen LogP contribution in [-0.4, -0.2) is 16.0 Å². The van der Waals surface area contributed by atoms with Gasteiger partial charge in [0.2, 0.25) is 5.28 Å². The van der Waals surface area contributed by atoms with Gasteiger partial charge in [0.1, 0.15) is 0 Å². The van der Waals surface area contributed by atoms with E-state index in [0.29, 0.717) is 17.5 Å². The number of hydrogen-bond donors (Lipinski definition) is 2. The number of hydrogen-bond acceptors (Lipinski definition) is 4. The predicted octanol–water partition coefficient (Wildman–Crippen LogP) is 3.09. The van der Waals surface area contributed by atoms with Crippen molar-refractivity contribution in [1.82, 2.24) is 9.97 Å². The quantitative estimate of drug-likeness (QED) is 0.814. The molecule has 1 aliphatic rings. The van der Waals surface area contributed by atoms with Gasteiger partial charge in [0.15, 0.2) is 5.82 Å². The molecule has 4 nitrogen and oxygen atoms in total. The van der Waals surface area contributed by atoms with E-state index in [9.17, 15) is 0 Å². The number of nitrogens with zero attached hydrogens (tertiary/aromatic N) is 2. The van der Waals surface area contributed by atoms with Gasteiger partial charge in [-0.2, -0.15) is 4.98 Å². The van der Waals surface area contributed by atoms with Gasteiger partial charge in [0.25, 0.3) is 0 Å². The first-order valence-corrected chi connectivity index (χ1v) is 6.61. The summed E-state index contributed by atoms with van der Waals surface area (Å²) in [4.78, 5) is 7.97. The fraction of sp³-hybridized carbons (Fsp3) is 0.667. The van der Waals surface area contributed by atoms with Crippen molar-refractivity contribution in [1.29, 1.82) is 0 Å². The topological polar surface area (TPSA) is 63.8 Å². The van der Waals surface area contributed by atoms with Crippen LogP contribution in [0.1, 0.15) is 39.0 Å². The molecule has 0 bridgehead atoms. The summed E-state index contributed by atoms with van der Waals surface area (Å²) in [6, 6.07) is 0.464. The highest BCUT2D eigenvalue weighted by molar-refractivity contribution is 6.28. The largest absolute Gasteiger partial charge is 0.394 e. The fourth-order valence-electron chi connectivity index (χ4n) is 2.39. The van der Waals surface area contributed by atoms with Crippen molar-refractivity contribution < 1.29 is 0 Å². The van der Waals surface area contributed by atoms with Crippen LogP contribution in [0.25, 0.3) is 0 Å². The molecule has 0 spiro atoms. The van der Waals surface area contributed by atoms with Crippen LogP contribution in [0.2, 0.25) is 5.28 Å². The van der Waals surface area contributed by atoms with Gasteiger partial charge < -0.3 is 11.1 Å². The standard InChI is InChI=1S/C12H19ClN4/c1-2-8-3-5-9(6-4-8)16-11-10(14)7-15-12(13)17-11/h7-9H,2-6,14H2,1H3,(H,15,16,17). The average molecular weight is 255 g/mol. The molecule has 0 amide bonds. The SMILES string of the molecule is CCC1CCC(Nc2nc(Cl)ncc2N)CC1. The summed E-state index contributed by atoms with van der Waals surface area (Å²) in [6.45, 7) is 2.26. The Kier molecular flexibility index (Phi) is 4.05. The first-order valence-electron chi connectivity index (χ1n) is 6.23. The van der Waals surface area contributed by atoms with Gasteiger partial charge in [-0.1, -0.05) is 13.3 Å². The minimum absolute atomic E-state index is 0.240. The Bertz CT molecular complexity index is 375. The minimum atomic E-state index is 0.240. The van der Waals surface area contributed by atoms with Crippen LogP contribution >= 0.6 is 11.6 Å². The van der Waals surface area contributed by atoms with E-state index >= 15 is 0 Å². The molecule has 1 aromatic rings. The number of aromatic nitrogens is 2. The van der Waals surface area contributed by atoms with E-state index < -0.39 is 0 Å². The lowest BCUT2D eigenvalue weighted by atomic mass is 9.84. The summed E-state index contributed by atoms with van der Waals surface area (Å²) < 4.78 is 0. The third-order valence-electron chi connectivity index (χ3n) is 3.55. The highest BCUT2D eigenvalue weighted by atomic mass is 35.5. The second-order valence-electron chi connectivity index (χ2n) is 4.71. The Morgan fingerprint density at radius 1 is 1.41 bits per heavy atom. The van der Waals surface area contributed by atoms with E-state index in [1.807, 2.05) is 0 Å². The molecule has 1 aliphatic carbocycles. The van der Waals surface area contributed by atoms with E-state index in [-0.39, 0.29) is 5.28 Å². The Balaban J connectivity index is 1.95. The zero-order chi connectivity index (χ0) is 12.3. The van der Waals surface area contributed by atoms with Gasteiger partial charge in [0.05, 0.1) is 11.9 Å². The Morgan fingerprint density at radius 3 is 2.76 bits per heavy atom. The van der Waals surface area contributed by atoms with Crippen molar-refractivity contribution >= 4 is 23.1 Å². The van der Waals surface area contributed by atoms with Gasteiger partial charge in [-0.15, -0.1) is 0 Å². The normalized spacial score (nSPS) is 24.6. The van der Waals surface area contributed by atoms with E-state index in [1.54, 1.807) is 6.20 Å². The summed E-state index contributed by atoms with van der Waals surface area (Å²) in [5.74, 6) is 1.56. The minimum Gasteiger partial charge on any atom is -0.394 e. The molecule has 0 aromatic carbocycles. The van der Waals surface area contributed by atoms with Crippen LogP contribution in [0.5, 0.6) is 0 Å². The summed E-state index contributed by atoms with van der Waals surface area (Å²) in [6.07, 6.45) is 7.77. The molecular weight excluding hydrogens is 236 g/mol. The molecule has 0 aliphatic heterocycles. The molecule has 0 saturated heterocycles. The molecule has 2 rings (SSSR count). The lowest BCUT2D eigenvalue weighted by Gasteiger charge is -2.29. The Hall–Kier alpha value is -1.03.